The predicted molar refractivity (Wildman–Crippen MR) is 136 cm³/mol. The molecule has 3 aromatic rings. The Balaban J connectivity index is 1.29. The Morgan fingerprint density at radius 1 is 1.00 bits per heavy atom. The van der Waals surface area contributed by atoms with E-state index >= 15 is 0 Å². The number of piperidine rings is 1. The molecule has 1 saturated heterocycles. The van der Waals surface area contributed by atoms with Crippen LogP contribution in [0, 0.1) is 0 Å². The number of hydrogen-bond acceptors (Lipinski definition) is 4. The van der Waals surface area contributed by atoms with Gasteiger partial charge in [-0.25, -0.2) is 0 Å². The molecular weight excluding hydrogens is 428 g/mol. The Bertz CT molecular complexity index is 1060. The summed E-state index contributed by atoms with van der Waals surface area (Å²) in [5.74, 6) is 1.46. The first-order chi connectivity index (χ1) is 16.1. The van der Waals surface area contributed by atoms with Crippen LogP contribution >= 0.6 is 11.8 Å². The van der Waals surface area contributed by atoms with Crippen LogP contribution in [0.4, 0.5) is 0 Å². The number of benzene rings is 3. The third kappa shape index (κ3) is 6.40. The van der Waals surface area contributed by atoms with Gasteiger partial charge < -0.3 is 10.1 Å². The van der Waals surface area contributed by atoms with Crippen molar-refractivity contribution in [3.05, 3.63) is 95.1 Å². The Hall–Kier alpha value is -2.76. The number of rotatable bonds is 8. The average molecular weight is 461 g/mol. The zero-order chi connectivity index (χ0) is 23.0. The third-order valence-electron chi connectivity index (χ3n) is 6.36. The summed E-state index contributed by atoms with van der Waals surface area (Å²) in [5.41, 5.74) is 4.54. The van der Waals surface area contributed by atoms with E-state index in [9.17, 15) is 4.79 Å². The molecule has 0 unspecified atom stereocenters. The molecule has 3 aromatic carbocycles. The molecule has 5 heteroatoms. The summed E-state index contributed by atoms with van der Waals surface area (Å²) in [7, 11) is 1.72. The fourth-order valence-corrected chi connectivity index (χ4v) is 4.85. The molecule has 4 rings (SSSR count). The number of likely N-dealkylation sites (tertiary alicyclic amines) is 1. The maximum absolute atomic E-state index is 12.5. The Morgan fingerprint density at radius 3 is 2.45 bits per heavy atom. The van der Waals surface area contributed by atoms with Gasteiger partial charge in [0.25, 0.3) is 5.91 Å². The number of thioether (sulfide) groups is 1. The second kappa shape index (κ2) is 11.4. The van der Waals surface area contributed by atoms with Crippen molar-refractivity contribution in [1.29, 1.82) is 0 Å². The minimum Gasteiger partial charge on any atom is -0.497 e. The molecule has 0 spiro atoms. The lowest BCUT2D eigenvalue weighted by Gasteiger charge is -2.32. The van der Waals surface area contributed by atoms with Gasteiger partial charge in [-0.15, -0.1) is 11.8 Å². The summed E-state index contributed by atoms with van der Waals surface area (Å²) in [6, 6.07) is 24.8. The van der Waals surface area contributed by atoms with Crippen LogP contribution in [-0.4, -0.2) is 37.3 Å². The average Bonchev–Trinajstić information content (AvgIpc) is 2.88. The van der Waals surface area contributed by atoms with E-state index in [1.807, 2.05) is 36.6 Å². The fourth-order valence-electron chi connectivity index (χ4n) is 4.44. The van der Waals surface area contributed by atoms with Crippen LogP contribution < -0.4 is 10.1 Å². The van der Waals surface area contributed by atoms with Crippen LogP contribution in [0.2, 0.25) is 0 Å². The highest BCUT2D eigenvalue weighted by atomic mass is 32.2. The molecule has 1 aliphatic rings. The molecular formula is C28H32N2O2S. The van der Waals surface area contributed by atoms with Crippen LogP contribution in [0.3, 0.4) is 0 Å². The quantitative estimate of drug-likeness (QED) is 0.436. The molecule has 0 radical (unpaired) electrons. The van der Waals surface area contributed by atoms with Gasteiger partial charge in [-0.3, -0.25) is 9.69 Å². The molecule has 0 aromatic heterocycles. The van der Waals surface area contributed by atoms with Crippen molar-refractivity contribution in [2.45, 2.75) is 36.7 Å². The molecule has 0 atom stereocenters. The summed E-state index contributed by atoms with van der Waals surface area (Å²) in [5, 5.41) is 3.06. The van der Waals surface area contributed by atoms with Gasteiger partial charge in [0, 0.05) is 23.5 Å². The van der Waals surface area contributed by atoms with Crippen molar-refractivity contribution in [3.63, 3.8) is 0 Å². The fraction of sp³-hybridized carbons (Fsp3) is 0.321. The number of carbonyl (C=O) groups is 1. The number of amides is 1. The first kappa shape index (κ1) is 23.4. The van der Waals surface area contributed by atoms with Gasteiger partial charge in [-0.2, -0.15) is 0 Å². The number of nitrogens with zero attached hydrogens (tertiary/aromatic N) is 1. The van der Waals surface area contributed by atoms with Crippen LogP contribution in [0.5, 0.6) is 5.75 Å². The topological polar surface area (TPSA) is 41.6 Å². The van der Waals surface area contributed by atoms with E-state index in [1.165, 1.54) is 11.1 Å². The summed E-state index contributed by atoms with van der Waals surface area (Å²) < 4.78 is 5.35. The summed E-state index contributed by atoms with van der Waals surface area (Å²) in [4.78, 5) is 16.2. The van der Waals surface area contributed by atoms with Crippen LogP contribution in [0.15, 0.2) is 77.7 Å². The number of ether oxygens (including phenoxy) is 1. The predicted octanol–water partition coefficient (Wildman–Crippen LogP) is 5.73. The maximum atomic E-state index is 12.5. The van der Waals surface area contributed by atoms with Crippen molar-refractivity contribution >= 4 is 17.7 Å². The zero-order valence-electron chi connectivity index (χ0n) is 19.4. The summed E-state index contributed by atoms with van der Waals surface area (Å²) >= 11 is 1.68. The number of hydrogen-bond donors (Lipinski definition) is 1. The molecule has 1 N–H and O–H groups in total. The van der Waals surface area contributed by atoms with Crippen molar-refractivity contribution in [2.75, 3.05) is 26.5 Å². The minimum atomic E-state index is -0.0288. The Kier molecular flexibility index (Phi) is 8.08. The van der Waals surface area contributed by atoms with Crippen molar-refractivity contribution in [1.82, 2.24) is 10.2 Å². The zero-order valence-corrected chi connectivity index (χ0v) is 20.2. The first-order valence-electron chi connectivity index (χ1n) is 11.5. The second-order valence-corrected chi connectivity index (χ2v) is 9.44. The highest BCUT2D eigenvalue weighted by Gasteiger charge is 2.21. The molecule has 1 amide bonds. The van der Waals surface area contributed by atoms with E-state index in [4.69, 9.17) is 4.74 Å². The van der Waals surface area contributed by atoms with E-state index < -0.39 is 0 Å². The molecule has 172 valence electrons. The van der Waals surface area contributed by atoms with Crippen molar-refractivity contribution in [2.24, 2.45) is 0 Å². The molecule has 0 aliphatic carbocycles. The van der Waals surface area contributed by atoms with E-state index in [-0.39, 0.29) is 5.91 Å². The van der Waals surface area contributed by atoms with Crippen molar-refractivity contribution < 1.29 is 9.53 Å². The minimum absolute atomic E-state index is 0.0288. The Morgan fingerprint density at radius 2 is 1.73 bits per heavy atom. The molecule has 0 bridgehead atoms. The monoisotopic (exact) mass is 460 g/mol. The lowest BCUT2D eigenvalue weighted by atomic mass is 9.88. The van der Waals surface area contributed by atoms with Gasteiger partial charge in [0.05, 0.1) is 7.11 Å². The largest absolute Gasteiger partial charge is 0.497 e. The lowest BCUT2D eigenvalue weighted by Crippen LogP contribution is -2.32. The summed E-state index contributed by atoms with van der Waals surface area (Å²) in [6.45, 7) is 3.70. The molecule has 1 aliphatic heterocycles. The van der Waals surface area contributed by atoms with E-state index in [2.05, 4.69) is 52.7 Å². The van der Waals surface area contributed by atoms with E-state index in [0.29, 0.717) is 18.0 Å². The molecule has 4 nitrogen and oxygen atoms in total. The van der Waals surface area contributed by atoms with E-state index in [1.54, 1.807) is 18.9 Å². The standard InChI is InChI=1S/C28H32N2O2S/c1-32-26-8-4-6-22(18-26)20-30-15-13-23(14-16-30)25-7-3-5-21(17-25)19-29-28(31)24-9-11-27(33-2)12-10-24/h3-12,17-18,23H,13-16,19-20H2,1-2H3,(H,29,31). The van der Waals surface area contributed by atoms with Gasteiger partial charge in [0.2, 0.25) is 0 Å². The van der Waals surface area contributed by atoms with Crippen LogP contribution in [-0.2, 0) is 13.1 Å². The number of carbonyl (C=O) groups excluding carboxylic acids is 1. The van der Waals surface area contributed by atoms with Gasteiger partial charge >= 0.3 is 0 Å². The third-order valence-corrected chi connectivity index (χ3v) is 7.10. The maximum Gasteiger partial charge on any atom is 0.251 e. The Labute approximate surface area is 201 Å². The van der Waals surface area contributed by atoms with E-state index in [0.717, 1.165) is 48.7 Å². The molecule has 1 fully saturated rings. The normalized spacial score (nSPS) is 14.7. The van der Waals surface area contributed by atoms with Gasteiger partial charge in [-0.1, -0.05) is 36.4 Å². The molecule has 33 heavy (non-hydrogen) atoms. The smallest absolute Gasteiger partial charge is 0.251 e. The summed E-state index contributed by atoms with van der Waals surface area (Å²) in [6.07, 6.45) is 4.34. The number of nitrogens with one attached hydrogen (secondary N) is 1. The molecule has 1 heterocycles. The van der Waals surface area contributed by atoms with Gasteiger partial charge in [-0.05, 0) is 91.2 Å². The highest BCUT2D eigenvalue weighted by molar-refractivity contribution is 7.98. The second-order valence-electron chi connectivity index (χ2n) is 8.56. The van der Waals surface area contributed by atoms with Gasteiger partial charge in [0.1, 0.15) is 5.75 Å². The first-order valence-corrected chi connectivity index (χ1v) is 12.7. The lowest BCUT2D eigenvalue weighted by molar-refractivity contribution is 0.0951. The highest BCUT2D eigenvalue weighted by Crippen LogP contribution is 2.29. The van der Waals surface area contributed by atoms with Gasteiger partial charge in [0.15, 0.2) is 0 Å². The van der Waals surface area contributed by atoms with Crippen molar-refractivity contribution in [3.8, 4) is 5.75 Å². The number of methoxy groups -OCH3 is 1. The SMILES string of the molecule is COc1cccc(CN2CCC(c3cccc(CNC(=O)c4ccc(SC)cc4)c3)CC2)c1. The molecule has 0 saturated carbocycles. The van der Waals surface area contributed by atoms with Crippen LogP contribution in [0.1, 0.15) is 45.8 Å². The van der Waals surface area contributed by atoms with Crippen LogP contribution in [0.25, 0.3) is 0 Å².